The lowest BCUT2D eigenvalue weighted by Gasteiger charge is -2.32. The molecule has 0 spiro atoms. The summed E-state index contributed by atoms with van der Waals surface area (Å²) in [6.45, 7) is 2.41. The summed E-state index contributed by atoms with van der Waals surface area (Å²) in [5, 5.41) is 0.647. The molecule has 4 rings (SSSR count). The molecule has 0 radical (unpaired) electrons. The summed E-state index contributed by atoms with van der Waals surface area (Å²) in [4.78, 5) is 15.2. The van der Waals surface area contributed by atoms with Gasteiger partial charge in [-0.15, -0.1) is 0 Å². The number of nitrogens with two attached hydrogens (primary N) is 2. The minimum atomic E-state index is -3.53. The van der Waals surface area contributed by atoms with Crippen LogP contribution in [0.4, 0.5) is 0 Å². The molecular weight excluding hydrogens is 386 g/mol. The summed E-state index contributed by atoms with van der Waals surface area (Å²) in [6.07, 6.45) is 1.40. The van der Waals surface area contributed by atoms with E-state index in [0.29, 0.717) is 29.4 Å². The Hall–Kier alpha value is -1.63. The molecule has 0 aliphatic carbocycles. The van der Waals surface area contributed by atoms with Crippen LogP contribution in [0.5, 0.6) is 0 Å². The molecule has 0 bridgehead atoms. The van der Waals surface area contributed by atoms with Gasteiger partial charge < -0.3 is 10.6 Å². The molecule has 2 unspecified atom stereocenters. The van der Waals surface area contributed by atoms with Gasteiger partial charge in [0, 0.05) is 31.7 Å². The molecule has 1 fully saturated rings. The van der Waals surface area contributed by atoms with Crippen LogP contribution in [-0.2, 0) is 15.7 Å². The van der Waals surface area contributed by atoms with Crippen LogP contribution in [0.1, 0.15) is 5.56 Å². The maximum atomic E-state index is 12.9. The van der Waals surface area contributed by atoms with E-state index in [2.05, 4.69) is 19.9 Å². The fourth-order valence-electron chi connectivity index (χ4n) is 3.24. The van der Waals surface area contributed by atoms with E-state index in [9.17, 15) is 8.42 Å². The first-order valence-electron chi connectivity index (χ1n) is 8.51. The van der Waals surface area contributed by atoms with Crippen molar-refractivity contribution in [2.75, 3.05) is 33.2 Å². The molecule has 1 aromatic carbocycles. The zero-order valence-electron chi connectivity index (χ0n) is 14.8. The molecule has 2 atom stereocenters. The van der Waals surface area contributed by atoms with Gasteiger partial charge in [-0.25, -0.2) is 18.4 Å². The summed E-state index contributed by atoms with van der Waals surface area (Å²) < 4.78 is 27.3. The van der Waals surface area contributed by atoms with Crippen LogP contribution in [0.25, 0.3) is 0 Å². The Morgan fingerprint density at radius 2 is 1.85 bits per heavy atom. The molecule has 27 heavy (non-hydrogen) atoms. The van der Waals surface area contributed by atoms with E-state index in [1.165, 1.54) is 22.4 Å². The molecule has 144 valence electrons. The second kappa shape index (κ2) is 6.76. The van der Waals surface area contributed by atoms with Crippen molar-refractivity contribution in [2.45, 2.75) is 16.1 Å². The van der Waals surface area contributed by atoms with Crippen molar-refractivity contribution < 1.29 is 8.42 Å². The molecule has 4 N–H and O–H groups in total. The van der Waals surface area contributed by atoms with E-state index in [-0.39, 0.29) is 4.90 Å². The summed E-state index contributed by atoms with van der Waals surface area (Å²) in [6, 6.07) is 6.50. The van der Waals surface area contributed by atoms with Crippen molar-refractivity contribution in [3.05, 3.63) is 29.8 Å². The third kappa shape index (κ3) is 3.24. The van der Waals surface area contributed by atoms with Gasteiger partial charge in [-0.05, 0) is 19.2 Å². The van der Waals surface area contributed by atoms with Gasteiger partial charge in [0.2, 0.25) is 10.0 Å². The first kappa shape index (κ1) is 18.7. The average molecular weight is 408 g/mol. The highest BCUT2D eigenvalue weighted by molar-refractivity contribution is 8.16. The van der Waals surface area contributed by atoms with E-state index in [4.69, 9.17) is 11.5 Å². The lowest BCUT2D eigenvalue weighted by Crippen LogP contribution is -2.47. The third-order valence-electron chi connectivity index (χ3n) is 4.88. The molecule has 1 aromatic rings. The number of rotatable bonds is 3. The second-order valence-electron chi connectivity index (χ2n) is 6.66. The summed E-state index contributed by atoms with van der Waals surface area (Å²) in [5.41, 5.74) is 11.8. The monoisotopic (exact) mass is 407 g/mol. The van der Waals surface area contributed by atoms with Crippen molar-refractivity contribution in [3.8, 4) is 0 Å². The molecule has 0 aromatic heterocycles. The zero-order valence-corrected chi connectivity index (χ0v) is 16.4. The average Bonchev–Trinajstić information content (AvgIpc) is 3.04. The molecular formula is C16H21N7O2S2. The Morgan fingerprint density at radius 1 is 1.19 bits per heavy atom. The number of nitrogens with zero attached hydrogens (tertiary/aromatic N) is 5. The number of hydrogen-bond donors (Lipinski definition) is 2. The number of benzene rings is 1. The van der Waals surface area contributed by atoms with E-state index in [1.807, 2.05) is 7.05 Å². The first-order chi connectivity index (χ1) is 12.8. The standard InChI is InChI=1S/C16H21N7O2S2/c1-22-6-8-23(9-7-22)27(24,25)12-4-2-11(3-5-12)16(18)13-14(19-10-20-16)26-15(17)21-13/h2-5,10,15H,6-9,17-18H2,1H3. The van der Waals surface area contributed by atoms with Gasteiger partial charge in [-0.1, -0.05) is 23.9 Å². The highest BCUT2D eigenvalue weighted by atomic mass is 32.2. The van der Waals surface area contributed by atoms with Crippen molar-refractivity contribution in [2.24, 2.45) is 26.4 Å². The summed E-state index contributed by atoms with van der Waals surface area (Å²) in [5.74, 6) is 0. The second-order valence-corrected chi connectivity index (χ2v) is 9.71. The van der Waals surface area contributed by atoms with E-state index in [0.717, 1.165) is 13.1 Å². The molecule has 11 heteroatoms. The van der Waals surface area contributed by atoms with Gasteiger partial charge in [0.15, 0.2) is 11.2 Å². The summed E-state index contributed by atoms with van der Waals surface area (Å²) in [7, 11) is -1.55. The number of aliphatic imine (C=N–C) groups is 3. The number of likely N-dealkylation sites (N-methyl/N-ethyl adjacent to an activating group) is 1. The van der Waals surface area contributed by atoms with Gasteiger partial charge in [0.25, 0.3) is 0 Å². The van der Waals surface area contributed by atoms with Crippen LogP contribution in [-0.4, -0.2) is 73.4 Å². The van der Waals surface area contributed by atoms with Gasteiger partial charge in [0.05, 0.1) is 4.90 Å². The predicted octanol–water partition coefficient (Wildman–Crippen LogP) is -0.395. The minimum absolute atomic E-state index is 0.243. The summed E-state index contributed by atoms with van der Waals surface area (Å²) >= 11 is 1.32. The Balaban J connectivity index is 1.62. The van der Waals surface area contributed by atoms with Crippen molar-refractivity contribution >= 4 is 38.9 Å². The molecule has 1 saturated heterocycles. The Bertz CT molecular complexity index is 934. The number of fused-ring (bicyclic) bond motifs is 1. The molecule has 0 saturated carbocycles. The lowest BCUT2D eigenvalue weighted by atomic mass is 9.95. The number of piperazine rings is 1. The van der Waals surface area contributed by atoms with Gasteiger partial charge in [0.1, 0.15) is 17.1 Å². The molecule has 3 heterocycles. The van der Waals surface area contributed by atoms with E-state index < -0.39 is 21.2 Å². The van der Waals surface area contributed by atoms with Gasteiger partial charge in [-0.2, -0.15) is 4.31 Å². The lowest BCUT2D eigenvalue weighted by molar-refractivity contribution is 0.222. The number of hydrogen-bond acceptors (Lipinski definition) is 9. The largest absolute Gasteiger partial charge is 0.304 e. The molecule has 0 amide bonds. The van der Waals surface area contributed by atoms with E-state index >= 15 is 0 Å². The molecule has 3 aliphatic heterocycles. The minimum Gasteiger partial charge on any atom is -0.304 e. The van der Waals surface area contributed by atoms with Crippen LogP contribution in [0.3, 0.4) is 0 Å². The molecule has 3 aliphatic rings. The number of thioether (sulfide) groups is 1. The third-order valence-corrected chi connectivity index (χ3v) is 7.66. The van der Waals surface area contributed by atoms with Crippen molar-refractivity contribution in [3.63, 3.8) is 0 Å². The van der Waals surface area contributed by atoms with Crippen LogP contribution < -0.4 is 11.5 Å². The topological polar surface area (TPSA) is 130 Å². The Labute approximate surface area is 162 Å². The Kier molecular flexibility index (Phi) is 4.69. The quantitative estimate of drug-likeness (QED) is 0.702. The zero-order chi connectivity index (χ0) is 19.2. The van der Waals surface area contributed by atoms with Crippen molar-refractivity contribution in [1.82, 2.24) is 9.21 Å². The SMILES string of the molecule is CN1CCN(S(=O)(=O)c2ccc(C3(N)N=CN=C4SC(N)N=C43)cc2)CC1. The van der Waals surface area contributed by atoms with Gasteiger partial charge >= 0.3 is 0 Å². The normalized spacial score (nSPS) is 29.4. The number of sulfonamides is 1. The van der Waals surface area contributed by atoms with Crippen LogP contribution in [0, 0.1) is 0 Å². The van der Waals surface area contributed by atoms with Crippen LogP contribution >= 0.6 is 11.8 Å². The maximum absolute atomic E-state index is 12.9. The van der Waals surface area contributed by atoms with Crippen LogP contribution in [0.2, 0.25) is 0 Å². The maximum Gasteiger partial charge on any atom is 0.243 e. The highest BCUT2D eigenvalue weighted by Crippen LogP contribution is 2.33. The highest BCUT2D eigenvalue weighted by Gasteiger charge is 2.42. The van der Waals surface area contributed by atoms with Gasteiger partial charge in [-0.3, -0.25) is 10.7 Å². The van der Waals surface area contributed by atoms with E-state index in [1.54, 1.807) is 24.3 Å². The predicted molar refractivity (Wildman–Crippen MR) is 107 cm³/mol. The Morgan fingerprint density at radius 3 is 2.52 bits per heavy atom. The molecule has 9 nitrogen and oxygen atoms in total. The fraction of sp³-hybridized carbons (Fsp3) is 0.438. The van der Waals surface area contributed by atoms with Crippen molar-refractivity contribution in [1.29, 1.82) is 0 Å². The van der Waals surface area contributed by atoms with Crippen LogP contribution in [0.15, 0.2) is 44.1 Å². The smallest absolute Gasteiger partial charge is 0.243 e. The first-order valence-corrected chi connectivity index (χ1v) is 10.8. The fourth-order valence-corrected chi connectivity index (χ4v) is 5.47.